The molecule has 1 fully saturated rings. The number of Topliss-reactive ketones (excluding diaryl/α,β-unsaturated/α-hetero) is 1. The highest BCUT2D eigenvalue weighted by Crippen LogP contribution is 2.20. The van der Waals surface area contributed by atoms with Crippen molar-refractivity contribution >= 4 is 18.1 Å². The number of aliphatic hydroxyl groups excluding tert-OH is 1. The highest BCUT2D eigenvalue weighted by molar-refractivity contribution is 6.00. The largest absolute Gasteiger partial charge is 0.392 e. The van der Waals surface area contributed by atoms with E-state index in [1.54, 1.807) is 6.20 Å². The predicted molar refractivity (Wildman–Crippen MR) is 177 cm³/mol. The van der Waals surface area contributed by atoms with Crippen LogP contribution in [0.5, 0.6) is 0 Å². The first-order valence-electron chi connectivity index (χ1n) is 15.7. The van der Waals surface area contributed by atoms with Crippen molar-refractivity contribution in [3.8, 4) is 0 Å². The quantitative estimate of drug-likeness (QED) is 0.297. The normalized spacial score (nSPS) is 16.2. The van der Waals surface area contributed by atoms with Gasteiger partial charge in [-0.1, -0.05) is 60.7 Å². The van der Waals surface area contributed by atoms with Crippen LogP contribution in [0.4, 0.5) is 0 Å². The summed E-state index contributed by atoms with van der Waals surface area (Å²) in [4.78, 5) is 41.5. The zero-order valence-electron chi connectivity index (χ0n) is 26.9. The monoisotopic (exact) mass is 615 g/mol. The summed E-state index contributed by atoms with van der Waals surface area (Å²) in [5.74, 6) is -0.385. The van der Waals surface area contributed by atoms with Crippen LogP contribution in [0.15, 0.2) is 79.1 Å². The fourth-order valence-corrected chi connectivity index (χ4v) is 5.35. The van der Waals surface area contributed by atoms with Crippen LogP contribution in [0.1, 0.15) is 60.7 Å². The number of hydrogen-bond acceptors (Lipinski definition) is 7. The third-order valence-electron chi connectivity index (χ3n) is 7.78. The second-order valence-electron chi connectivity index (χ2n) is 12.7. The van der Waals surface area contributed by atoms with Crippen molar-refractivity contribution in [2.24, 2.45) is 11.7 Å². The summed E-state index contributed by atoms with van der Waals surface area (Å²) in [6, 6.07) is 21.7. The zero-order valence-corrected chi connectivity index (χ0v) is 26.9. The molecule has 0 radical (unpaired) electrons. The second-order valence-corrected chi connectivity index (χ2v) is 12.7. The Balaban J connectivity index is 0.000000263. The van der Waals surface area contributed by atoms with Gasteiger partial charge in [0, 0.05) is 75.1 Å². The van der Waals surface area contributed by atoms with E-state index in [1.165, 1.54) is 11.1 Å². The van der Waals surface area contributed by atoms with Crippen LogP contribution in [-0.2, 0) is 29.0 Å². The minimum Gasteiger partial charge on any atom is -0.392 e. The first-order valence-corrected chi connectivity index (χ1v) is 15.7. The van der Waals surface area contributed by atoms with Crippen molar-refractivity contribution in [3.05, 3.63) is 101 Å². The molecule has 9 heteroatoms. The fraction of sp³-hybridized carbons (Fsp3) is 0.444. The van der Waals surface area contributed by atoms with Crippen LogP contribution in [0.3, 0.4) is 0 Å². The predicted octanol–water partition coefficient (Wildman–Crippen LogP) is 3.64. The number of β-amino-alcohol motifs (C(OH)–C–C–N with tert-alkyl or cyclic N) is 1. The summed E-state index contributed by atoms with van der Waals surface area (Å²) in [6.45, 7) is 11.0. The number of hydrogen-bond donors (Lipinski definition) is 3. The smallest absolute Gasteiger partial charge is 0.220 e. The summed E-state index contributed by atoms with van der Waals surface area (Å²) >= 11 is 0. The molecule has 9 nitrogen and oxygen atoms in total. The number of benzene rings is 2. The first kappa shape index (κ1) is 35.6. The van der Waals surface area contributed by atoms with Gasteiger partial charge in [0.05, 0.1) is 6.10 Å². The Bertz CT molecular complexity index is 1320. The van der Waals surface area contributed by atoms with E-state index >= 15 is 0 Å². The zero-order chi connectivity index (χ0) is 32.7. The number of amides is 2. The number of primary amides is 1. The lowest BCUT2D eigenvalue weighted by Crippen LogP contribution is -2.48. The third kappa shape index (κ3) is 13.3. The molecule has 45 heavy (non-hydrogen) atoms. The molecule has 0 unspecified atom stereocenters. The lowest BCUT2D eigenvalue weighted by molar-refractivity contribution is -0.123. The number of nitrogens with two attached hydrogens (primary N) is 1. The van der Waals surface area contributed by atoms with Crippen LogP contribution in [0.25, 0.3) is 0 Å². The number of ketones is 1. The van der Waals surface area contributed by atoms with Gasteiger partial charge in [-0.25, -0.2) is 0 Å². The Morgan fingerprint density at radius 2 is 1.60 bits per heavy atom. The highest BCUT2D eigenvalue weighted by atomic mass is 16.3. The van der Waals surface area contributed by atoms with E-state index in [-0.39, 0.29) is 17.4 Å². The molecule has 2 heterocycles. The number of rotatable bonds is 10. The second kappa shape index (κ2) is 18.1. The Hall–Kier alpha value is -3.92. The standard InChI is InChI=1S/C22H30N4O2.C9H8O.C5H11NO/c23-22(28)20(13-18-5-2-1-3-6-18)14-21(27)17-26-11-9-25(10-12-26)16-19-7-4-8-24-15-19;10-9-6-5-7-3-1-2-4-8(7)9;1-5(2,3)6-4-7/h1-8,15,20-21,27H,9-14,16-17H2,(H2,23,28);1-4H,5-6H2;4H,1-3H3,(H,6,7)/t20-,21+;;/m1../s1. The number of piperazine rings is 1. The van der Waals surface area contributed by atoms with Crippen molar-refractivity contribution in [3.63, 3.8) is 0 Å². The molecule has 0 spiro atoms. The van der Waals surface area contributed by atoms with Crippen LogP contribution < -0.4 is 11.1 Å². The van der Waals surface area contributed by atoms with E-state index in [0.29, 0.717) is 38.0 Å². The van der Waals surface area contributed by atoms with E-state index in [9.17, 15) is 19.5 Å². The molecule has 2 aliphatic rings. The number of carbonyl (C=O) groups excluding carboxylic acids is 3. The van der Waals surface area contributed by atoms with E-state index in [2.05, 4.69) is 26.2 Å². The van der Waals surface area contributed by atoms with Crippen LogP contribution >= 0.6 is 0 Å². The molecule has 5 rings (SSSR count). The lowest BCUT2D eigenvalue weighted by Gasteiger charge is -2.35. The summed E-state index contributed by atoms with van der Waals surface area (Å²) in [5, 5.41) is 13.1. The van der Waals surface area contributed by atoms with Crippen LogP contribution in [-0.4, -0.2) is 82.4 Å². The molecule has 2 aromatic carbocycles. The number of carbonyl (C=O) groups is 3. The Labute approximate surface area is 267 Å². The van der Waals surface area contributed by atoms with Gasteiger partial charge in [0.2, 0.25) is 12.3 Å². The number of fused-ring (bicyclic) bond motifs is 1. The van der Waals surface area contributed by atoms with Gasteiger partial charge < -0.3 is 16.2 Å². The molecule has 1 aromatic heterocycles. The molecule has 4 N–H and O–H groups in total. The highest BCUT2D eigenvalue weighted by Gasteiger charge is 2.24. The van der Waals surface area contributed by atoms with Crippen LogP contribution in [0.2, 0.25) is 0 Å². The average Bonchev–Trinajstić information content (AvgIpc) is 3.39. The fourth-order valence-electron chi connectivity index (χ4n) is 5.35. The minimum atomic E-state index is -0.550. The molecule has 242 valence electrons. The average molecular weight is 616 g/mol. The van der Waals surface area contributed by atoms with E-state index in [4.69, 9.17) is 5.73 Å². The SMILES string of the molecule is CC(C)(C)NC=O.NC(=O)[C@H](Cc1ccccc1)C[C@H](O)CN1CCN(Cc2cccnc2)CC1.O=C1CCc2ccccc21. The Morgan fingerprint density at radius 1 is 0.956 bits per heavy atom. The molecule has 0 bridgehead atoms. The molecule has 2 amide bonds. The van der Waals surface area contributed by atoms with E-state index in [1.807, 2.05) is 87.6 Å². The number of pyridine rings is 1. The number of aliphatic hydroxyl groups is 1. The van der Waals surface area contributed by atoms with Crippen molar-refractivity contribution in [2.75, 3.05) is 32.7 Å². The van der Waals surface area contributed by atoms with Gasteiger partial charge in [-0.3, -0.25) is 29.2 Å². The number of nitrogens with one attached hydrogen (secondary N) is 1. The molecule has 3 aromatic rings. The maximum absolute atomic E-state index is 11.8. The lowest BCUT2D eigenvalue weighted by atomic mass is 9.93. The molecular formula is C36H49N5O4. The maximum Gasteiger partial charge on any atom is 0.220 e. The Kier molecular flexibility index (Phi) is 14.3. The van der Waals surface area contributed by atoms with Gasteiger partial charge in [-0.05, 0) is 62.8 Å². The van der Waals surface area contributed by atoms with Gasteiger partial charge in [0.15, 0.2) is 5.78 Å². The third-order valence-corrected chi connectivity index (χ3v) is 7.78. The van der Waals surface area contributed by atoms with Crippen molar-refractivity contribution in [2.45, 2.75) is 64.6 Å². The van der Waals surface area contributed by atoms with Gasteiger partial charge in [0.1, 0.15) is 0 Å². The molecule has 2 atom stereocenters. The molecule has 0 saturated carbocycles. The van der Waals surface area contributed by atoms with Gasteiger partial charge >= 0.3 is 0 Å². The minimum absolute atomic E-state index is 0.0677. The number of nitrogens with zero attached hydrogens (tertiary/aromatic N) is 3. The summed E-state index contributed by atoms with van der Waals surface area (Å²) in [5.41, 5.74) is 9.96. The molecule has 1 aliphatic carbocycles. The van der Waals surface area contributed by atoms with Gasteiger partial charge in [-0.2, -0.15) is 0 Å². The van der Waals surface area contributed by atoms with Crippen LogP contribution in [0, 0.1) is 5.92 Å². The topological polar surface area (TPSA) is 129 Å². The van der Waals surface area contributed by atoms with Crippen molar-refractivity contribution in [1.82, 2.24) is 20.1 Å². The van der Waals surface area contributed by atoms with Crippen molar-refractivity contribution < 1.29 is 19.5 Å². The van der Waals surface area contributed by atoms with E-state index < -0.39 is 6.10 Å². The number of aromatic nitrogens is 1. The van der Waals surface area contributed by atoms with E-state index in [0.717, 1.165) is 50.3 Å². The van der Waals surface area contributed by atoms with Crippen molar-refractivity contribution in [1.29, 1.82) is 0 Å². The summed E-state index contributed by atoms with van der Waals surface area (Å²) in [7, 11) is 0. The first-order chi connectivity index (χ1) is 21.5. The molecule has 1 saturated heterocycles. The van der Waals surface area contributed by atoms with Gasteiger partial charge in [-0.15, -0.1) is 0 Å². The number of aryl methyl sites for hydroxylation is 1. The molecular weight excluding hydrogens is 566 g/mol. The Morgan fingerprint density at radius 3 is 2.18 bits per heavy atom. The maximum atomic E-state index is 11.8. The summed E-state index contributed by atoms with van der Waals surface area (Å²) < 4.78 is 0. The summed E-state index contributed by atoms with van der Waals surface area (Å²) in [6.07, 6.45) is 6.49. The molecule has 1 aliphatic heterocycles. The van der Waals surface area contributed by atoms with Gasteiger partial charge in [0.25, 0.3) is 0 Å².